The maximum atomic E-state index is 5.96. The molecule has 0 amide bonds. The minimum absolute atomic E-state index is 0. The van der Waals surface area contributed by atoms with Crippen LogP contribution in [-0.2, 0) is 6.42 Å². The van der Waals surface area contributed by atoms with Crippen LogP contribution in [0.3, 0.4) is 0 Å². The van der Waals surface area contributed by atoms with E-state index in [0.717, 1.165) is 31.7 Å². The molecule has 0 fully saturated rings. The predicted molar refractivity (Wildman–Crippen MR) is 107 cm³/mol. The van der Waals surface area contributed by atoms with E-state index in [1.165, 1.54) is 10.4 Å². The van der Waals surface area contributed by atoms with Crippen molar-refractivity contribution in [1.29, 1.82) is 0 Å². The molecule has 2 aromatic rings. The molecule has 0 aliphatic carbocycles. The lowest BCUT2D eigenvalue weighted by Crippen LogP contribution is -2.33. The molecule has 124 valence electrons. The molecule has 1 atom stereocenters. The molecule has 1 aliphatic heterocycles. The van der Waals surface area contributed by atoms with Crippen LogP contribution in [0.5, 0.6) is 5.75 Å². The number of guanidine groups is 1. The fourth-order valence-corrected chi connectivity index (χ4v) is 3.35. The lowest BCUT2D eigenvalue weighted by Gasteiger charge is -2.24. The van der Waals surface area contributed by atoms with E-state index in [2.05, 4.69) is 33.9 Å². The summed E-state index contributed by atoms with van der Waals surface area (Å²) in [5.74, 6) is 1.90. The second-order valence-corrected chi connectivity index (χ2v) is 6.39. The smallest absolute Gasteiger partial charge is 0.188 e. The van der Waals surface area contributed by atoms with Crippen molar-refractivity contribution in [3.05, 3.63) is 52.2 Å². The topological polar surface area (TPSA) is 59.6 Å². The first kappa shape index (κ1) is 18.1. The summed E-state index contributed by atoms with van der Waals surface area (Å²) < 4.78 is 5.67. The second-order valence-electron chi connectivity index (χ2n) is 5.35. The molecule has 1 aliphatic rings. The van der Waals surface area contributed by atoms with Gasteiger partial charge in [0.1, 0.15) is 5.75 Å². The SMILES string of the molecule is I.NC(=NCC1CCOc2ccccc21)NCCc1cccs1. The number of hydrogen-bond acceptors (Lipinski definition) is 3. The Kier molecular flexibility index (Phi) is 7.16. The lowest BCUT2D eigenvalue weighted by molar-refractivity contribution is 0.269. The first-order valence-corrected chi connectivity index (χ1v) is 8.49. The van der Waals surface area contributed by atoms with Gasteiger partial charge in [0.25, 0.3) is 0 Å². The maximum absolute atomic E-state index is 5.96. The van der Waals surface area contributed by atoms with Crippen LogP contribution in [0.2, 0.25) is 0 Å². The molecule has 23 heavy (non-hydrogen) atoms. The van der Waals surface area contributed by atoms with Gasteiger partial charge in [-0.15, -0.1) is 35.3 Å². The van der Waals surface area contributed by atoms with Crippen LogP contribution in [0.4, 0.5) is 0 Å². The normalized spacial score (nSPS) is 16.9. The highest BCUT2D eigenvalue weighted by molar-refractivity contribution is 14.0. The largest absolute Gasteiger partial charge is 0.493 e. The lowest BCUT2D eigenvalue weighted by atomic mass is 9.93. The average molecular weight is 443 g/mol. The average Bonchev–Trinajstić information content (AvgIpc) is 3.06. The first-order chi connectivity index (χ1) is 10.8. The fraction of sp³-hybridized carbons (Fsp3) is 0.353. The number of rotatable bonds is 5. The Labute approximate surface area is 158 Å². The number of para-hydroxylation sites is 1. The Morgan fingerprint density at radius 2 is 2.17 bits per heavy atom. The molecule has 0 spiro atoms. The van der Waals surface area contributed by atoms with Crippen LogP contribution < -0.4 is 15.8 Å². The number of nitrogens with zero attached hydrogens (tertiary/aromatic N) is 1. The van der Waals surface area contributed by atoms with Gasteiger partial charge in [0, 0.05) is 23.9 Å². The minimum Gasteiger partial charge on any atom is -0.493 e. The van der Waals surface area contributed by atoms with Gasteiger partial charge in [-0.2, -0.15) is 0 Å². The summed E-state index contributed by atoms with van der Waals surface area (Å²) in [5.41, 5.74) is 7.20. The molecule has 2 heterocycles. The van der Waals surface area contributed by atoms with Crippen molar-refractivity contribution in [3.63, 3.8) is 0 Å². The third kappa shape index (κ3) is 5.10. The van der Waals surface area contributed by atoms with E-state index >= 15 is 0 Å². The Hall–Kier alpha value is -1.28. The molecular formula is C17H22IN3OS. The van der Waals surface area contributed by atoms with Gasteiger partial charge < -0.3 is 15.8 Å². The van der Waals surface area contributed by atoms with E-state index in [1.54, 1.807) is 11.3 Å². The van der Waals surface area contributed by atoms with E-state index in [-0.39, 0.29) is 24.0 Å². The molecule has 6 heteroatoms. The summed E-state index contributed by atoms with van der Waals surface area (Å²) in [5, 5.41) is 5.28. The Morgan fingerprint density at radius 3 is 3.00 bits per heavy atom. The number of hydrogen-bond donors (Lipinski definition) is 2. The summed E-state index contributed by atoms with van der Waals surface area (Å²) in [6, 6.07) is 12.4. The van der Waals surface area contributed by atoms with E-state index in [9.17, 15) is 0 Å². The fourth-order valence-electron chi connectivity index (χ4n) is 2.64. The summed E-state index contributed by atoms with van der Waals surface area (Å²) in [6.45, 7) is 2.28. The molecule has 4 nitrogen and oxygen atoms in total. The summed E-state index contributed by atoms with van der Waals surface area (Å²) in [6.07, 6.45) is 1.97. The Balaban J connectivity index is 0.00000192. The monoisotopic (exact) mass is 443 g/mol. The van der Waals surface area contributed by atoms with Crippen LogP contribution in [0.15, 0.2) is 46.8 Å². The molecule has 0 saturated heterocycles. The highest BCUT2D eigenvalue weighted by atomic mass is 127. The van der Waals surface area contributed by atoms with Gasteiger partial charge in [0.05, 0.1) is 6.61 Å². The molecule has 1 aromatic carbocycles. The number of thiophene rings is 1. The van der Waals surface area contributed by atoms with Crippen molar-refractivity contribution in [1.82, 2.24) is 5.32 Å². The highest BCUT2D eigenvalue weighted by Gasteiger charge is 2.20. The van der Waals surface area contributed by atoms with Crippen molar-refractivity contribution < 1.29 is 4.74 Å². The third-order valence-corrected chi connectivity index (χ3v) is 4.76. The Morgan fingerprint density at radius 1 is 1.30 bits per heavy atom. The predicted octanol–water partition coefficient (Wildman–Crippen LogP) is 3.38. The van der Waals surface area contributed by atoms with Gasteiger partial charge in [0.2, 0.25) is 0 Å². The molecule has 1 aromatic heterocycles. The van der Waals surface area contributed by atoms with Crippen LogP contribution in [-0.4, -0.2) is 25.7 Å². The van der Waals surface area contributed by atoms with E-state index in [4.69, 9.17) is 10.5 Å². The molecule has 0 bridgehead atoms. The van der Waals surface area contributed by atoms with Gasteiger partial charge in [-0.1, -0.05) is 24.3 Å². The van der Waals surface area contributed by atoms with Gasteiger partial charge in [-0.3, -0.25) is 4.99 Å². The van der Waals surface area contributed by atoms with Gasteiger partial charge in [0.15, 0.2) is 5.96 Å². The summed E-state index contributed by atoms with van der Waals surface area (Å²) in [4.78, 5) is 5.86. The quantitative estimate of drug-likeness (QED) is 0.423. The van der Waals surface area contributed by atoms with Crippen LogP contribution in [0.25, 0.3) is 0 Å². The molecule has 0 saturated carbocycles. The summed E-state index contributed by atoms with van der Waals surface area (Å²) >= 11 is 1.77. The van der Waals surface area contributed by atoms with Gasteiger partial charge in [-0.05, 0) is 35.9 Å². The number of ether oxygens (including phenoxy) is 1. The van der Waals surface area contributed by atoms with Gasteiger partial charge >= 0.3 is 0 Å². The zero-order valence-electron chi connectivity index (χ0n) is 12.9. The third-order valence-electron chi connectivity index (χ3n) is 3.82. The van der Waals surface area contributed by atoms with Crippen LogP contribution in [0.1, 0.15) is 22.8 Å². The molecule has 3 N–H and O–H groups in total. The number of aliphatic imine (C=N–C) groups is 1. The van der Waals surface area contributed by atoms with Crippen molar-refractivity contribution in [3.8, 4) is 5.75 Å². The molecule has 0 radical (unpaired) electrons. The number of nitrogens with one attached hydrogen (secondary N) is 1. The van der Waals surface area contributed by atoms with Crippen LogP contribution >= 0.6 is 35.3 Å². The van der Waals surface area contributed by atoms with E-state index in [0.29, 0.717) is 18.4 Å². The number of nitrogens with two attached hydrogens (primary N) is 1. The van der Waals surface area contributed by atoms with Gasteiger partial charge in [-0.25, -0.2) is 0 Å². The standard InChI is InChI=1S/C17H21N3OS.HI/c18-17(19-9-7-14-4-3-11-22-14)20-12-13-8-10-21-16-6-2-1-5-15(13)16;/h1-6,11,13H,7-10,12H2,(H3,18,19,20);1H. The van der Waals surface area contributed by atoms with E-state index in [1.807, 2.05) is 18.2 Å². The molecule has 1 unspecified atom stereocenters. The molecule has 3 rings (SSSR count). The molecular weight excluding hydrogens is 421 g/mol. The number of halogens is 1. The van der Waals surface area contributed by atoms with Crippen molar-refractivity contribution >= 4 is 41.3 Å². The van der Waals surface area contributed by atoms with Crippen molar-refractivity contribution in [2.45, 2.75) is 18.8 Å². The Bertz CT molecular complexity index is 631. The number of benzene rings is 1. The van der Waals surface area contributed by atoms with Crippen molar-refractivity contribution in [2.24, 2.45) is 10.7 Å². The first-order valence-electron chi connectivity index (χ1n) is 7.61. The van der Waals surface area contributed by atoms with Crippen molar-refractivity contribution in [2.75, 3.05) is 19.7 Å². The highest BCUT2D eigenvalue weighted by Crippen LogP contribution is 2.33. The summed E-state index contributed by atoms with van der Waals surface area (Å²) in [7, 11) is 0. The number of fused-ring (bicyclic) bond motifs is 1. The second kappa shape index (κ2) is 9.12. The van der Waals surface area contributed by atoms with E-state index < -0.39 is 0 Å². The van der Waals surface area contributed by atoms with Crippen LogP contribution in [0, 0.1) is 0 Å². The maximum Gasteiger partial charge on any atom is 0.188 e. The minimum atomic E-state index is 0. The zero-order valence-corrected chi connectivity index (χ0v) is 16.1. The zero-order chi connectivity index (χ0) is 15.2.